The van der Waals surface area contributed by atoms with Gasteiger partial charge in [0.05, 0.1) is 0 Å². The predicted octanol–water partition coefficient (Wildman–Crippen LogP) is 4.24. The molecule has 2 aliphatic carbocycles. The summed E-state index contributed by atoms with van der Waals surface area (Å²) in [5, 5.41) is 3.67. The van der Waals surface area contributed by atoms with Crippen LogP contribution in [-0.2, 0) is 0 Å². The lowest BCUT2D eigenvalue weighted by atomic mass is 10.1. The molecule has 25 heavy (non-hydrogen) atoms. The van der Waals surface area contributed by atoms with Gasteiger partial charge in [0.2, 0.25) is 0 Å². The zero-order chi connectivity index (χ0) is 16.5. The molecule has 2 saturated carbocycles. The van der Waals surface area contributed by atoms with Gasteiger partial charge < -0.3 is 10.2 Å². The van der Waals surface area contributed by atoms with Crippen LogP contribution in [0.1, 0.15) is 41.1 Å². The molecule has 4 heteroatoms. The Kier molecular flexibility index (Phi) is 5.45. The minimum atomic E-state index is 0. The van der Waals surface area contributed by atoms with Gasteiger partial charge in [-0.05, 0) is 61.6 Å². The van der Waals surface area contributed by atoms with E-state index in [-0.39, 0.29) is 18.3 Å². The molecule has 3 nitrogen and oxygen atoms in total. The van der Waals surface area contributed by atoms with E-state index in [4.69, 9.17) is 0 Å². The van der Waals surface area contributed by atoms with Crippen LogP contribution in [0.5, 0.6) is 0 Å². The van der Waals surface area contributed by atoms with E-state index >= 15 is 0 Å². The number of nitrogens with one attached hydrogen (secondary N) is 1. The summed E-state index contributed by atoms with van der Waals surface area (Å²) in [7, 11) is 1.83. The molecule has 2 aliphatic rings. The highest BCUT2D eigenvalue weighted by atomic mass is 35.5. The summed E-state index contributed by atoms with van der Waals surface area (Å²) in [6.07, 6.45) is 3.97. The zero-order valence-electron chi connectivity index (χ0n) is 14.5. The molecular weight excluding hydrogens is 332 g/mol. The summed E-state index contributed by atoms with van der Waals surface area (Å²) in [6.45, 7) is 1.16. The fourth-order valence-corrected chi connectivity index (χ4v) is 3.29. The average Bonchev–Trinajstić information content (AvgIpc) is 3.54. The molecule has 0 heterocycles. The molecule has 1 amide bonds. The molecule has 0 bridgehead atoms. The Bertz CT molecular complexity index is 730. The summed E-state index contributed by atoms with van der Waals surface area (Å²) in [4.78, 5) is 14.5. The van der Waals surface area contributed by atoms with Crippen LogP contribution >= 0.6 is 12.4 Å². The Morgan fingerprint density at radius 3 is 2.60 bits per heavy atom. The van der Waals surface area contributed by atoms with Crippen molar-refractivity contribution in [2.24, 2.45) is 5.92 Å². The highest BCUT2D eigenvalue weighted by Gasteiger charge is 2.39. The number of carbonyl (C=O) groups excluding carboxylic acids is 1. The third-order valence-electron chi connectivity index (χ3n) is 5.17. The van der Waals surface area contributed by atoms with Crippen molar-refractivity contribution >= 4 is 24.0 Å². The molecule has 2 aromatic rings. The number of benzene rings is 2. The molecule has 2 fully saturated rings. The number of halogens is 1. The molecule has 4 rings (SSSR count). The normalized spacial score (nSPS) is 21.3. The van der Waals surface area contributed by atoms with Crippen molar-refractivity contribution in [1.29, 1.82) is 0 Å². The smallest absolute Gasteiger partial charge is 0.258 e. The number of hydrogen-bond acceptors (Lipinski definition) is 2. The van der Waals surface area contributed by atoms with Gasteiger partial charge in [0.15, 0.2) is 0 Å². The number of rotatable bonds is 6. The van der Waals surface area contributed by atoms with E-state index in [9.17, 15) is 4.79 Å². The number of para-hydroxylation sites is 1. The van der Waals surface area contributed by atoms with Crippen molar-refractivity contribution in [3.63, 3.8) is 0 Å². The maximum atomic E-state index is 12.8. The topological polar surface area (TPSA) is 32.3 Å². The van der Waals surface area contributed by atoms with Gasteiger partial charge in [-0.1, -0.05) is 30.3 Å². The predicted molar refractivity (Wildman–Crippen MR) is 105 cm³/mol. The van der Waals surface area contributed by atoms with Gasteiger partial charge in [-0.3, -0.25) is 4.79 Å². The van der Waals surface area contributed by atoms with E-state index < -0.39 is 0 Å². The molecule has 132 valence electrons. The number of nitrogens with zero attached hydrogens (tertiary/aromatic N) is 1. The third kappa shape index (κ3) is 4.23. The van der Waals surface area contributed by atoms with Crippen LogP contribution in [0.25, 0.3) is 0 Å². The van der Waals surface area contributed by atoms with Crippen LogP contribution in [0.3, 0.4) is 0 Å². The summed E-state index contributed by atoms with van der Waals surface area (Å²) >= 11 is 0. The molecule has 1 N–H and O–H groups in total. The highest BCUT2D eigenvalue weighted by Crippen LogP contribution is 2.42. The summed E-state index contributed by atoms with van der Waals surface area (Å²) in [5.41, 5.74) is 2.98. The lowest BCUT2D eigenvalue weighted by molar-refractivity contribution is 0.0993. The van der Waals surface area contributed by atoms with Crippen molar-refractivity contribution in [2.75, 3.05) is 18.5 Å². The van der Waals surface area contributed by atoms with E-state index in [0.717, 1.165) is 23.7 Å². The van der Waals surface area contributed by atoms with Crippen molar-refractivity contribution < 1.29 is 4.79 Å². The molecule has 0 radical (unpaired) electrons. The van der Waals surface area contributed by atoms with Gasteiger partial charge in [0, 0.05) is 30.3 Å². The number of carbonyl (C=O) groups is 1. The molecule has 0 saturated heterocycles. The van der Waals surface area contributed by atoms with Gasteiger partial charge in [-0.25, -0.2) is 0 Å². The maximum absolute atomic E-state index is 12.8. The second-order valence-electron chi connectivity index (χ2n) is 7.13. The van der Waals surface area contributed by atoms with Gasteiger partial charge in [0.1, 0.15) is 0 Å². The maximum Gasteiger partial charge on any atom is 0.258 e. The Morgan fingerprint density at radius 2 is 1.88 bits per heavy atom. The SMILES string of the molecule is CN(C(=O)c1cccc([C@@H]2C[C@H]2NCC2CC2)c1)c1ccccc1.Cl. The zero-order valence-corrected chi connectivity index (χ0v) is 15.3. The van der Waals surface area contributed by atoms with Gasteiger partial charge in [-0.15, -0.1) is 12.4 Å². The molecule has 0 aromatic heterocycles. The summed E-state index contributed by atoms with van der Waals surface area (Å²) in [5.74, 6) is 1.53. The molecule has 2 aromatic carbocycles. The first-order chi connectivity index (χ1) is 11.7. The van der Waals surface area contributed by atoms with Gasteiger partial charge >= 0.3 is 0 Å². The minimum absolute atomic E-state index is 0. The fourth-order valence-electron chi connectivity index (χ4n) is 3.29. The highest BCUT2D eigenvalue weighted by molar-refractivity contribution is 6.05. The Hall–Kier alpha value is -1.84. The second kappa shape index (κ2) is 7.59. The van der Waals surface area contributed by atoms with Crippen molar-refractivity contribution in [3.05, 3.63) is 65.7 Å². The van der Waals surface area contributed by atoms with E-state index in [1.54, 1.807) is 4.90 Å². The van der Waals surface area contributed by atoms with Crippen LogP contribution in [0, 0.1) is 5.92 Å². The van der Waals surface area contributed by atoms with Crippen LogP contribution in [0.2, 0.25) is 0 Å². The first kappa shape index (κ1) is 18.0. The van der Waals surface area contributed by atoms with E-state index in [0.29, 0.717) is 12.0 Å². The monoisotopic (exact) mass is 356 g/mol. The van der Waals surface area contributed by atoms with E-state index in [1.165, 1.54) is 24.8 Å². The first-order valence-electron chi connectivity index (χ1n) is 8.89. The largest absolute Gasteiger partial charge is 0.313 e. The molecule has 0 aliphatic heterocycles. The van der Waals surface area contributed by atoms with Crippen LogP contribution < -0.4 is 10.2 Å². The lowest BCUT2D eigenvalue weighted by Gasteiger charge is -2.17. The van der Waals surface area contributed by atoms with Crippen LogP contribution in [0.4, 0.5) is 5.69 Å². The van der Waals surface area contributed by atoms with E-state index in [2.05, 4.69) is 17.4 Å². The van der Waals surface area contributed by atoms with Gasteiger partial charge in [0.25, 0.3) is 5.91 Å². The van der Waals surface area contributed by atoms with Crippen molar-refractivity contribution in [1.82, 2.24) is 5.32 Å². The van der Waals surface area contributed by atoms with Crippen LogP contribution in [0.15, 0.2) is 54.6 Å². The number of amides is 1. The van der Waals surface area contributed by atoms with E-state index in [1.807, 2.05) is 49.5 Å². The Morgan fingerprint density at radius 1 is 1.12 bits per heavy atom. The first-order valence-corrected chi connectivity index (χ1v) is 8.89. The summed E-state index contributed by atoms with van der Waals surface area (Å²) < 4.78 is 0. The molecule has 0 unspecified atom stereocenters. The van der Waals surface area contributed by atoms with Crippen molar-refractivity contribution in [3.8, 4) is 0 Å². The standard InChI is InChI=1S/C21H24N2O.ClH/c1-23(18-8-3-2-4-9-18)21(24)17-7-5-6-16(12-17)19-13-20(19)22-14-15-10-11-15;/h2-9,12,15,19-20,22H,10-11,13-14H2,1H3;1H/t19-,20+;/m0./s1. The molecular formula is C21H25ClN2O. The minimum Gasteiger partial charge on any atom is -0.313 e. The fraction of sp³-hybridized carbons (Fsp3) is 0.381. The lowest BCUT2D eigenvalue weighted by Crippen LogP contribution is -2.26. The van der Waals surface area contributed by atoms with Crippen molar-refractivity contribution in [2.45, 2.75) is 31.2 Å². The van der Waals surface area contributed by atoms with Gasteiger partial charge in [-0.2, -0.15) is 0 Å². The molecule has 2 atom stereocenters. The second-order valence-corrected chi connectivity index (χ2v) is 7.13. The average molecular weight is 357 g/mol. The van der Waals surface area contributed by atoms with Crippen LogP contribution in [-0.4, -0.2) is 25.5 Å². The quantitative estimate of drug-likeness (QED) is 0.839. The molecule has 0 spiro atoms. The Labute approximate surface area is 155 Å². The number of hydrogen-bond donors (Lipinski definition) is 1. The summed E-state index contributed by atoms with van der Waals surface area (Å²) in [6, 6.07) is 18.5. The number of anilines is 1. The Balaban J connectivity index is 0.00000182. The third-order valence-corrected chi connectivity index (χ3v) is 5.17.